The van der Waals surface area contributed by atoms with Gasteiger partial charge < -0.3 is 24.8 Å². The normalized spacial score (nSPS) is 12.2. The fourth-order valence-corrected chi connectivity index (χ4v) is 2.35. The number of nitrogens with one attached hydrogen (secondary N) is 2. The number of benzene rings is 2. The van der Waals surface area contributed by atoms with Crippen LogP contribution in [-0.4, -0.2) is 38.7 Å². The number of ether oxygens (including phenoxy) is 3. The molecule has 0 saturated carbocycles. The smallest absolute Gasteiger partial charge is 0.337 e. The molecule has 0 aliphatic carbocycles. The Balaban J connectivity index is 1.53. The predicted octanol–water partition coefficient (Wildman–Crippen LogP) is 2.29. The standard InChI is InChI=1S/C18H18N2O5/c1-23-18(22)12-2-4-13(5-3-12)19-11-17(21)20-14-6-7-15-16(10-14)25-9-8-24-15/h2-7,10,19H,8-9,11H2,1H3,(H,20,21). The van der Waals surface area contributed by atoms with E-state index in [2.05, 4.69) is 15.4 Å². The van der Waals surface area contributed by atoms with Crippen LogP contribution in [0, 0.1) is 0 Å². The summed E-state index contributed by atoms with van der Waals surface area (Å²) in [5.74, 6) is 0.695. The largest absolute Gasteiger partial charge is 0.486 e. The lowest BCUT2D eigenvalue weighted by atomic mass is 10.2. The van der Waals surface area contributed by atoms with Crippen molar-refractivity contribution in [2.24, 2.45) is 0 Å². The lowest BCUT2D eigenvalue weighted by Crippen LogP contribution is -2.22. The van der Waals surface area contributed by atoms with E-state index in [4.69, 9.17) is 9.47 Å². The second kappa shape index (κ2) is 7.57. The second-order valence-electron chi connectivity index (χ2n) is 5.33. The molecule has 130 valence electrons. The zero-order chi connectivity index (χ0) is 17.6. The first-order chi connectivity index (χ1) is 12.2. The monoisotopic (exact) mass is 342 g/mol. The third-order valence-electron chi connectivity index (χ3n) is 3.59. The summed E-state index contributed by atoms with van der Waals surface area (Å²) in [7, 11) is 1.33. The van der Waals surface area contributed by atoms with Crippen molar-refractivity contribution in [3.63, 3.8) is 0 Å². The summed E-state index contributed by atoms with van der Waals surface area (Å²) < 4.78 is 15.6. The summed E-state index contributed by atoms with van der Waals surface area (Å²) in [4.78, 5) is 23.4. The van der Waals surface area contributed by atoms with Crippen molar-refractivity contribution in [3.8, 4) is 11.5 Å². The molecule has 2 N–H and O–H groups in total. The minimum atomic E-state index is -0.400. The van der Waals surface area contributed by atoms with Crippen molar-refractivity contribution in [1.29, 1.82) is 0 Å². The molecule has 0 unspecified atom stereocenters. The van der Waals surface area contributed by atoms with Crippen LogP contribution in [-0.2, 0) is 9.53 Å². The highest BCUT2D eigenvalue weighted by molar-refractivity contribution is 5.94. The minimum Gasteiger partial charge on any atom is -0.486 e. The van der Waals surface area contributed by atoms with E-state index in [-0.39, 0.29) is 12.5 Å². The molecule has 0 atom stereocenters. The van der Waals surface area contributed by atoms with Gasteiger partial charge in [-0.3, -0.25) is 4.79 Å². The first-order valence-corrected chi connectivity index (χ1v) is 7.77. The van der Waals surface area contributed by atoms with E-state index in [1.165, 1.54) is 7.11 Å². The summed E-state index contributed by atoms with van der Waals surface area (Å²) in [6.45, 7) is 1.11. The van der Waals surface area contributed by atoms with Crippen LogP contribution in [0.4, 0.5) is 11.4 Å². The molecule has 0 saturated heterocycles. The molecule has 2 aromatic rings. The Labute approximate surface area is 144 Å². The molecule has 1 amide bonds. The van der Waals surface area contributed by atoms with E-state index in [1.54, 1.807) is 42.5 Å². The van der Waals surface area contributed by atoms with E-state index in [0.717, 1.165) is 5.69 Å². The highest BCUT2D eigenvalue weighted by atomic mass is 16.6. The molecule has 3 rings (SSSR count). The van der Waals surface area contributed by atoms with Gasteiger partial charge in [-0.1, -0.05) is 0 Å². The molecule has 1 heterocycles. The Bertz CT molecular complexity index is 774. The number of anilines is 2. The van der Waals surface area contributed by atoms with Crippen LogP contribution in [0.5, 0.6) is 11.5 Å². The number of hydrogen-bond acceptors (Lipinski definition) is 6. The number of amides is 1. The SMILES string of the molecule is COC(=O)c1ccc(NCC(=O)Nc2ccc3c(c2)OCCO3)cc1. The zero-order valence-corrected chi connectivity index (χ0v) is 13.7. The molecule has 0 radical (unpaired) electrons. The van der Waals surface area contributed by atoms with Crippen molar-refractivity contribution in [2.45, 2.75) is 0 Å². The van der Waals surface area contributed by atoms with Crippen LogP contribution in [0.15, 0.2) is 42.5 Å². The first kappa shape index (κ1) is 16.6. The van der Waals surface area contributed by atoms with Gasteiger partial charge in [-0.15, -0.1) is 0 Å². The molecule has 2 aromatic carbocycles. The van der Waals surface area contributed by atoms with Crippen molar-refractivity contribution >= 4 is 23.3 Å². The Kier molecular flexibility index (Phi) is 5.03. The van der Waals surface area contributed by atoms with Gasteiger partial charge in [0.15, 0.2) is 11.5 Å². The Morgan fingerprint density at radius 2 is 1.68 bits per heavy atom. The number of rotatable bonds is 5. The van der Waals surface area contributed by atoms with Gasteiger partial charge >= 0.3 is 5.97 Å². The summed E-state index contributed by atoms with van der Waals surface area (Å²) in [6.07, 6.45) is 0. The molecule has 0 aromatic heterocycles. The van der Waals surface area contributed by atoms with Gasteiger partial charge in [0.2, 0.25) is 5.91 Å². The van der Waals surface area contributed by atoms with Crippen LogP contribution < -0.4 is 20.1 Å². The van der Waals surface area contributed by atoms with Gasteiger partial charge in [-0.2, -0.15) is 0 Å². The average Bonchev–Trinajstić information content (AvgIpc) is 2.66. The number of carbonyl (C=O) groups excluding carboxylic acids is 2. The second-order valence-corrected chi connectivity index (χ2v) is 5.33. The number of fused-ring (bicyclic) bond motifs is 1. The van der Waals surface area contributed by atoms with Crippen molar-refractivity contribution in [3.05, 3.63) is 48.0 Å². The third-order valence-corrected chi connectivity index (χ3v) is 3.59. The van der Waals surface area contributed by atoms with E-state index >= 15 is 0 Å². The van der Waals surface area contributed by atoms with Gasteiger partial charge in [0.25, 0.3) is 0 Å². The van der Waals surface area contributed by atoms with Gasteiger partial charge in [0.1, 0.15) is 13.2 Å². The highest BCUT2D eigenvalue weighted by Crippen LogP contribution is 2.32. The summed E-state index contributed by atoms with van der Waals surface area (Å²) >= 11 is 0. The first-order valence-electron chi connectivity index (χ1n) is 7.77. The van der Waals surface area contributed by atoms with Gasteiger partial charge in [-0.25, -0.2) is 4.79 Å². The van der Waals surface area contributed by atoms with E-state index in [9.17, 15) is 9.59 Å². The molecule has 0 bridgehead atoms. The van der Waals surface area contributed by atoms with E-state index < -0.39 is 5.97 Å². The van der Waals surface area contributed by atoms with Gasteiger partial charge in [-0.05, 0) is 36.4 Å². The molecule has 0 fully saturated rings. The lowest BCUT2D eigenvalue weighted by molar-refractivity contribution is -0.114. The summed E-state index contributed by atoms with van der Waals surface area (Å²) in [6, 6.07) is 11.9. The fourth-order valence-electron chi connectivity index (χ4n) is 2.35. The molecule has 25 heavy (non-hydrogen) atoms. The topological polar surface area (TPSA) is 85.9 Å². The van der Waals surface area contributed by atoms with Gasteiger partial charge in [0, 0.05) is 17.4 Å². The summed E-state index contributed by atoms with van der Waals surface area (Å²) in [5.41, 5.74) is 1.82. The van der Waals surface area contributed by atoms with Crippen molar-refractivity contribution in [2.75, 3.05) is 37.5 Å². The van der Waals surface area contributed by atoms with Crippen LogP contribution in [0.1, 0.15) is 10.4 Å². The summed E-state index contributed by atoms with van der Waals surface area (Å²) in [5, 5.41) is 5.78. The number of hydrogen-bond donors (Lipinski definition) is 2. The Morgan fingerprint density at radius 3 is 2.40 bits per heavy atom. The maximum atomic E-state index is 12.1. The molecule has 7 nitrogen and oxygen atoms in total. The molecule has 7 heteroatoms. The third kappa shape index (κ3) is 4.20. The Morgan fingerprint density at radius 1 is 1.00 bits per heavy atom. The Hall–Kier alpha value is -3.22. The average molecular weight is 342 g/mol. The molecular formula is C18H18N2O5. The predicted molar refractivity (Wildman–Crippen MR) is 92.3 cm³/mol. The highest BCUT2D eigenvalue weighted by Gasteiger charge is 2.12. The minimum absolute atomic E-state index is 0.0893. The van der Waals surface area contributed by atoms with Crippen LogP contribution in [0.3, 0.4) is 0 Å². The van der Waals surface area contributed by atoms with Crippen LogP contribution in [0.25, 0.3) is 0 Å². The molecule has 1 aliphatic heterocycles. The van der Waals surface area contributed by atoms with Gasteiger partial charge in [0.05, 0.1) is 19.2 Å². The number of methoxy groups -OCH3 is 1. The molecule has 0 spiro atoms. The van der Waals surface area contributed by atoms with Crippen molar-refractivity contribution in [1.82, 2.24) is 0 Å². The molecular weight excluding hydrogens is 324 g/mol. The quantitative estimate of drug-likeness (QED) is 0.811. The van der Waals surface area contributed by atoms with Crippen LogP contribution >= 0.6 is 0 Å². The van der Waals surface area contributed by atoms with Crippen LogP contribution in [0.2, 0.25) is 0 Å². The van der Waals surface area contributed by atoms with Crippen molar-refractivity contribution < 1.29 is 23.8 Å². The van der Waals surface area contributed by atoms with E-state index in [1.807, 2.05) is 0 Å². The fraction of sp³-hybridized carbons (Fsp3) is 0.222. The lowest BCUT2D eigenvalue weighted by Gasteiger charge is -2.19. The zero-order valence-electron chi connectivity index (χ0n) is 13.7. The maximum Gasteiger partial charge on any atom is 0.337 e. The number of esters is 1. The maximum absolute atomic E-state index is 12.1. The van der Waals surface area contributed by atoms with E-state index in [0.29, 0.717) is 36.0 Å². The number of carbonyl (C=O) groups is 2. The molecule has 1 aliphatic rings.